The number of hydrogen-bond acceptors (Lipinski definition) is 2. The van der Waals surface area contributed by atoms with Crippen LogP contribution in [-0.2, 0) is 0 Å². The average molecular weight is 276 g/mol. The van der Waals surface area contributed by atoms with Gasteiger partial charge < -0.3 is 15.4 Å². The second-order valence-corrected chi connectivity index (χ2v) is 5.34. The SMILES string of the molecule is CCNC(=O)NC1CCCC(c2cccc(OC)c2)C1. The number of carbonyl (C=O) groups is 1. The van der Waals surface area contributed by atoms with E-state index in [0.717, 1.165) is 25.0 Å². The lowest BCUT2D eigenvalue weighted by molar-refractivity contribution is 0.231. The highest BCUT2D eigenvalue weighted by Crippen LogP contribution is 2.34. The molecule has 20 heavy (non-hydrogen) atoms. The minimum Gasteiger partial charge on any atom is -0.497 e. The van der Waals surface area contributed by atoms with E-state index >= 15 is 0 Å². The van der Waals surface area contributed by atoms with Crippen LogP contribution in [-0.4, -0.2) is 25.7 Å². The number of urea groups is 1. The lowest BCUT2D eigenvalue weighted by Gasteiger charge is -2.30. The second-order valence-electron chi connectivity index (χ2n) is 5.34. The van der Waals surface area contributed by atoms with Gasteiger partial charge in [-0.3, -0.25) is 0 Å². The third kappa shape index (κ3) is 3.89. The summed E-state index contributed by atoms with van der Waals surface area (Å²) in [5, 5.41) is 5.86. The van der Waals surface area contributed by atoms with Gasteiger partial charge >= 0.3 is 6.03 Å². The zero-order valence-electron chi connectivity index (χ0n) is 12.3. The van der Waals surface area contributed by atoms with Gasteiger partial charge in [0.15, 0.2) is 0 Å². The fourth-order valence-corrected chi connectivity index (χ4v) is 2.92. The maximum absolute atomic E-state index is 11.6. The van der Waals surface area contributed by atoms with E-state index in [1.807, 2.05) is 19.1 Å². The van der Waals surface area contributed by atoms with Crippen molar-refractivity contribution in [3.05, 3.63) is 29.8 Å². The standard InChI is InChI=1S/C16H24N2O2/c1-3-17-16(19)18-14-8-4-6-12(10-14)13-7-5-9-15(11-13)20-2/h5,7,9,11-12,14H,3-4,6,8,10H2,1-2H3,(H2,17,18,19). The molecule has 0 radical (unpaired) electrons. The number of amides is 2. The summed E-state index contributed by atoms with van der Waals surface area (Å²) in [5.74, 6) is 1.41. The molecule has 4 heteroatoms. The first-order valence-corrected chi connectivity index (χ1v) is 7.41. The Morgan fingerprint density at radius 1 is 1.40 bits per heavy atom. The molecule has 1 aromatic rings. The van der Waals surface area contributed by atoms with E-state index < -0.39 is 0 Å². The maximum atomic E-state index is 11.6. The number of methoxy groups -OCH3 is 1. The Bertz CT molecular complexity index is 448. The van der Waals surface area contributed by atoms with Crippen molar-refractivity contribution in [3.8, 4) is 5.75 Å². The molecule has 2 atom stereocenters. The second kappa shape index (κ2) is 7.17. The van der Waals surface area contributed by atoms with Crippen molar-refractivity contribution in [2.45, 2.75) is 44.6 Å². The smallest absolute Gasteiger partial charge is 0.314 e. The predicted octanol–water partition coefficient (Wildman–Crippen LogP) is 3.04. The van der Waals surface area contributed by atoms with Crippen LogP contribution in [0.3, 0.4) is 0 Å². The zero-order chi connectivity index (χ0) is 14.4. The van der Waals surface area contributed by atoms with Crippen molar-refractivity contribution >= 4 is 6.03 Å². The lowest BCUT2D eigenvalue weighted by atomic mass is 9.81. The molecule has 0 aliphatic heterocycles. The highest BCUT2D eigenvalue weighted by Gasteiger charge is 2.24. The fourth-order valence-electron chi connectivity index (χ4n) is 2.92. The van der Waals surface area contributed by atoms with E-state index in [0.29, 0.717) is 12.5 Å². The summed E-state index contributed by atoms with van der Waals surface area (Å²) in [6, 6.07) is 8.49. The molecule has 0 aromatic heterocycles. The van der Waals surface area contributed by atoms with Crippen LogP contribution in [0.15, 0.2) is 24.3 Å². The molecule has 2 N–H and O–H groups in total. The van der Waals surface area contributed by atoms with E-state index in [1.54, 1.807) is 7.11 Å². The van der Waals surface area contributed by atoms with Crippen LogP contribution < -0.4 is 15.4 Å². The molecule has 0 heterocycles. The van der Waals surface area contributed by atoms with E-state index in [2.05, 4.69) is 22.8 Å². The van der Waals surface area contributed by atoms with Crippen molar-refractivity contribution in [3.63, 3.8) is 0 Å². The Balaban J connectivity index is 1.97. The molecule has 0 bridgehead atoms. The molecule has 0 saturated heterocycles. The Hall–Kier alpha value is -1.71. The first kappa shape index (κ1) is 14.7. The molecule has 1 aromatic carbocycles. The minimum absolute atomic E-state index is 0.0520. The average Bonchev–Trinajstić information content (AvgIpc) is 2.48. The fraction of sp³-hybridized carbons (Fsp3) is 0.562. The molecule has 0 spiro atoms. The van der Waals surface area contributed by atoms with Gasteiger partial charge in [-0.25, -0.2) is 4.79 Å². The number of hydrogen-bond donors (Lipinski definition) is 2. The van der Waals surface area contributed by atoms with Gasteiger partial charge in [0.2, 0.25) is 0 Å². The Labute approximate surface area is 120 Å². The van der Waals surface area contributed by atoms with E-state index in [9.17, 15) is 4.79 Å². The van der Waals surface area contributed by atoms with Gasteiger partial charge in [-0.05, 0) is 49.8 Å². The number of nitrogens with one attached hydrogen (secondary N) is 2. The Morgan fingerprint density at radius 2 is 2.25 bits per heavy atom. The largest absolute Gasteiger partial charge is 0.497 e. The molecule has 4 nitrogen and oxygen atoms in total. The molecular weight excluding hydrogens is 252 g/mol. The molecule has 2 rings (SSSR count). The monoisotopic (exact) mass is 276 g/mol. The molecule has 1 fully saturated rings. The van der Waals surface area contributed by atoms with Gasteiger partial charge in [-0.15, -0.1) is 0 Å². The number of benzene rings is 1. The highest BCUT2D eigenvalue weighted by atomic mass is 16.5. The van der Waals surface area contributed by atoms with Crippen LogP contribution in [0.4, 0.5) is 4.79 Å². The van der Waals surface area contributed by atoms with Crippen LogP contribution in [0.5, 0.6) is 5.75 Å². The summed E-state index contributed by atoms with van der Waals surface area (Å²) in [6.45, 7) is 2.59. The molecule has 1 aliphatic carbocycles. The zero-order valence-corrected chi connectivity index (χ0v) is 12.3. The summed E-state index contributed by atoms with van der Waals surface area (Å²) in [7, 11) is 1.69. The Morgan fingerprint density at radius 3 is 3.00 bits per heavy atom. The van der Waals surface area contributed by atoms with Gasteiger partial charge in [0.25, 0.3) is 0 Å². The van der Waals surface area contributed by atoms with E-state index in [1.165, 1.54) is 12.0 Å². The normalized spacial score (nSPS) is 22.1. The molecule has 1 saturated carbocycles. The molecule has 110 valence electrons. The van der Waals surface area contributed by atoms with Crippen molar-refractivity contribution < 1.29 is 9.53 Å². The van der Waals surface area contributed by atoms with Crippen molar-refractivity contribution in [1.29, 1.82) is 0 Å². The first-order chi connectivity index (χ1) is 9.72. The van der Waals surface area contributed by atoms with Crippen molar-refractivity contribution in [2.24, 2.45) is 0 Å². The summed E-state index contributed by atoms with van der Waals surface area (Å²) in [6.07, 6.45) is 4.40. The van der Waals surface area contributed by atoms with Crippen LogP contribution in [0.2, 0.25) is 0 Å². The third-order valence-electron chi connectivity index (χ3n) is 3.91. The third-order valence-corrected chi connectivity index (χ3v) is 3.91. The summed E-state index contributed by atoms with van der Waals surface area (Å²) in [5.41, 5.74) is 1.31. The summed E-state index contributed by atoms with van der Waals surface area (Å²) >= 11 is 0. The highest BCUT2D eigenvalue weighted by molar-refractivity contribution is 5.74. The number of ether oxygens (including phenoxy) is 1. The van der Waals surface area contributed by atoms with Crippen LogP contribution in [0, 0.1) is 0 Å². The Kier molecular flexibility index (Phi) is 5.27. The summed E-state index contributed by atoms with van der Waals surface area (Å²) in [4.78, 5) is 11.6. The topological polar surface area (TPSA) is 50.4 Å². The van der Waals surface area contributed by atoms with Gasteiger partial charge in [0.1, 0.15) is 5.75 Å². The van der Waals surface area contributed by atoms with Gasteiger partial charge in [0, 0.05) is 12.6 Å². The van der Waals surface area contributed by atoms with Crippen molar-refractivity contribution in [1.82, 2.24) is 10.6 Å². The predicted molar refractivity (Wildman–Crippen MR) is 80.2 cm³/mol. The molecule has 2 amide bonds. The lowest BCUT2D eigenvalue weighted by Crippen LogP contribution is -2.43. The van der Waals surface area contributed by atoms with Gasteiger partial charge in [-0.2, -0.15) is 0 Å². The maximum Gasteiger partial charge on any atom is 0.314 e. The van der Waals surface area contributed by atoms with E-state index in [4.69, 9.17) is 4.74 Å². The molecule has 2 unspecified atom stereocenters. The van der Waals surface area contributed by atoms with Gasteiger partial charge in [0.05, 0.1) is 7.11 Å². The quantitative estimate of drug-likeness (QED) is 0.888. The molecule has 1 aliphatic rings. The van der Waals surface area contributed by atoms with Crippen LogP contribution >= 0.6 is 0 Å². The number of carbonyl (C=O) groups excluding carboxylic acids is 1. The summed E-state index contributed by atoms with van der Waals surface area (Å²) < 4.78 is 5.29. The first-order valence-electron chi connectivity index (χ1n) is 7.41. The molecular formula is C16H24N2O2. The van der Waals surface area contributed by atoms with Crippen molar-refractivity contribution in [2.75, 3.05) is 13.7 Å². The van der Waals surface area contributed by atoms with Gasteiger partial charge in [-0.1, -0.05) is 18.6 Å². The van der Waals surface area contributed by atoms with Crippen LogP contribution in [0.25, 0.3) is 0 Å². The van der Waals surface area contributed by atoms with E-state index in [-0.39, 0.29) is 12.1 Å². The minimum atomic E-state index is -0.0520. The van der Waals surface area contributed by atoms with Crippen LogP contribution in [0.1, 0.15) is 44.1 Å². The number of rotatable bonds is 4.